The molecule has 2 rings (SSSR count). The van der Waals surface area contributed by atoms with Gasteiger partial charge in [-0.2, -0.15) is 5.10 Å². The number of aromatic nitrogens is 3. The highest BCUT2D eigenvalue weighted by atomic mass is 16.5. The molecular weight excluding hydrogens is 258 g/mol. The molecule has 7 nitrogen and oxygen atoms in total. The zero-order valence-corrected chi connectivity index (χ0v) is 11.7. The maximum absolute atomic E-state index is 11.6. The highest BCUT2D eigenvalue weighted by Crippen LogP contribution is 2.24. The molecule has 0 unspecified atom stereocenters. The molecule has 20 heavy (non-hydrogen) atoms. The lowest BCUT2D eigenvalue weighted by Gasteiger charge is -2.20. The van der Waals surface area contributed by atoms with Crippen molar-refractivity contribution in [2.45, 2.75) is 6.54 Å². The Balaban J connectivity index is 2.26. The molecular formula is C13H17N5O2. The number of nitrogens with two attached hydrogens (primary N) is 1. The summed E-state index contributed by atoms with van der Waals surface area (Å²) < 4.78 is 6.42. The van der Waals surface area contributed by atoms with Crippen LogP contribution in [0.5, 0.6) is 0 Å². The van der Waals surface area contributed by atoms with Crippen molar-refractivity contribution in [2.75, 3.05) is 24.8 Å². The first-order valence-electron chi connectivity index (χ1n) is 6.04. The molecule has 0 aliphatic heterocycles. The molecule has 2 N–H and O–H groups in total. The van der Waals surface area contributed by atoms with Gasteiger partial charge in [-0.05, 0) is 6.07 Å². The predicted molar refractivity (Wildman–Crippen MR) is 75.3 cm³/mol. The van der Waals surface area contributed by atoms with Crippen LogP contribution in [0.15, 0.2) is 24.7 Å². The molecule has 2 aromatic rings. The zero-order chi connectivity index (χ0) is 14.7. The molecule has 0 bridgehead atoms. The summed E-state index contributed by atoms with van der Waals surface area (Å²) in [6, 6.07) is 1.54. The number of pyridine rings is 1. The number of nitrogen functional groups attached to an aromatic ring is 1. The number of esters is 1. The number of nitrogens with zero attached hydrogens (tertiary/aromatic N) is 4. The highest BCUT2D eigenvalue weighted by molar-refractivity contribution is 5.97. The van der Waals surface area contributed by atoms with E-state index in [9.17, 15) is 4.79 Å². The minimum atomic E-state index is -0.471. The molecule has 0 saturated heterocycles. The number of anilines is 2. The summed E-state index contributed by atoms with van der Waals surface area (Å²) in [5.41, 5.74) is 7.65. The Morgan fingerprint density at radius 3 is 2.90 bits per heavy atom. The van der Waals surface area contributed by atoms with Crippen LogP contribution in [0.4, 0.5) is 11.5 Å². The van der Waals surface area contributed by atoms with E-state index in [1.54, 1.807) is 16.9 Å². The molecule has 2 aromatic heterocycles. The molecule has 7 heteroatoms. The average Bonchev–Trinajstić information content (AvgIpc) is 2.83. The first-order chi connectivity index (χ1) is 9.52. The van der Waals surface area contributed by atoms with Gasteiger partial charge in [0.2, 0.25) is 0 Å². The summed E-state index contributed by atoms with van der Waals surface area (Å²) in [7, 11) is 5.03. The molecule has 0 radical (unpaired) electrons. The molecule has 0 saturated carbocycles. The largest absolute Gasteiger partial charge is 0.465 e. The van der Waals surface area contributed by atoms with Crippen molar-refractivity contribution in [1.82, 2.24) is 14.8 Å². The van der Waals surface area contributed by atoms with Crippen molar-refractivity contribution in [3.63, 3.8) is 0 Å². The molecule has 2 heterocycles. The SMILES string of the molecule is COC(=O)c1ccnc(N(C)Cc2cnn(C)c2)c1N. The van der Waals surface area contributed by atoms with Crippen LogP contribution in [0.2, 0.25) is 0 Å². The van der Waals surface area contributed by atoms with Gasteiger partial charge in [0.25, 0.3) is 0 Å². The summed E-state index contributed by atoms with van der Waals surface area (Å²) in [4.78, 5) is 17.7. The Labute approximate surface area is 117 Å². The average molecular weight is 275 g/mol. The summed E-state index contributed by atoms with van der Waals surface area (Å²) in [6.45, 7) is 0.593. The maximum atomic E-state index is 11.6. The smallest absolute Gasteiger partial charge is 0.340 e. The molecule has 106 valence electrons. The predicted octanol–water partition coefficient (Wildman–Crippen LogP) is 0.820. The lowest BCUT2D eigenvalue weighted by molar-refractivity contribution is 0.0602. The number of hydrogen-bond acceptors (Lipinski definition) is 6. The van der Waals surface area contributed by atoms with Gasteiger partial charge < -0.3 is 15.4 Å². The summed E-state index contributed by atoms with van der Waals surface area (Å²) in [5.74, 6) is 0.0673. The Morgan fingerprint density at radius 1 is 1.55 bits per heavy atom. The van der Waals surface area contributed by atoms with E-state index in [4.69, 9.17) is 10.5 Å². The number of aryl methyl sites for hydroxylation is 1. The number of carbonyl (C=O) groups is 1. The fourth-order valence-corrected chi connectivity index (χ4v) is 1.96. The number of methoxy groups -OCH3 is 1. The van der Waals surface area contributed by atoms with Gasteiger partial charge in [0.1, 0.15) is 0 Å². The van der Waals surface area contributed by atoms with E-state index in [1.165, 1.54) is 13.3 Å². The summed E-state index contributed by atoms with van der Waals surface area (Å²) in [6.07, 6.45) is 5.23. The van der Waals surface area contributed by atoms with Gasteiger partial charge in [-0.25, -0.2) is 9.78 Å². The van der Waals surface area contributed by atoms with Crippen LogP contribution < -0.4 is 10.6 Å². The second-order valence-electron chi connectivity index (χ2n) is 4.47. The maximum Gasteiger partial charge on any atom is 0.340 e. The summed E-state index contributed by atoms with van der Waals surface area (Å²) in [5, 5.41) is 4.11. The van der Waals surface area contributed by atoms with Crippen LogP contribution >= 0.6 is 0 Å². The Hall–Kier alpha value is -2.57. The van der Waals surface area contributed by atoms with Gasteiger partial charge in [-0.15, -0.1) is 0 Å². The number of hydrogen-bond donors (Lipinski definition) is 1. The van der Waals surface area contributed by atoms with E-state index in [1.807, 2.05) is 25.2 Å². The molecule has 0 fully saturated rings. The van der Waals surface area contributed by atoms with E-state index in [2.05, 4.69) is 10.1 Å². The van der Waals surface area contributed by atoms with Crippen LogP contribution in [0, 0.1) is 0 Å². The topological polar surface area (TPSA) is 86.3 Å². The third-order valence-corrected chi connectivity index (χ3v) is 2.91. The third-order valence-electron chi connectivity index (χ3n) is 2.91. The normalized spacial score (nSPS) is 10.3. The van der Waals surface area contributed by atoms with E-state index in [0.29, 0.717) is 23.6 Å². The quantitative estimate of drug-likeness (QED) is 0.831. The molecule has 0 aliphatic carbocycles. The Kier molecular flexibility index (Phi) is 3.88. The van der Waals surface area contributed by atoms with E-state index >= 15 is 0 Å². The van der Waals surface area contributed by atoms with Crippen molar-refractivity contribution < 1.29 is 9.53 Å². The molecule has 0 atom stereocenters. The van der Waals surface area contributed by atoms with Gasteiger partial charge in [-0.1, -0.05) is 0 Å². The van der Waals surface area contributed by atoms with Crippen molar-refractivity contribution in [1.29, 1.82) is 0 Å². The number of rotatable bonds is 4. The number of carbonyl (C=O) groups excluding carboxylic acids is 1. The van der Waals surface area contributed by atoms with Gasteiger partial charge in [-0.3, -0.25) is 4.68 Å². The Morgan fingerprint density at radius 2 is 2.30 bits per heavy atom. The number of ether oxygens (including phenoxy) is 1. The van der Waals surface area contributed by atoms with Gasteiger partial charge in [0, 0.05) is 38.6 Å². The molecule has 0 aliphatic rings. The third kappa shape index (κ3) is 2.71. The van der Waals surface area contributed by atoms with Gasteiger partial charge >= 0.3 is 5.97 Å². The van der Waals surface area contributed by atoms with Gasteiger partial charge in [0.05, 0.1) is 24.6 Å². The van der Waals surface area contributed by atoms with E-state index in [0.717, 1.165) is 5.56 Å². The van der Waals surface area contributed by atoms with Crippen LogP contribution in [0.25, 0.3) is 0 Å². The standard InChI is InChI=1S/C13H17N5O2/c1-17(7-9-6-16-18(2)8-9)12-11(14)10(4-5-15-12)13(19)20-3/h4-6,8H,7,14H2,1-3H3. The fraction of sp³-hybridized carbons (Fsp3) is 0.308. The minimum Gasteiger partial charge on any atom is -0.465 e. The van der Waals surface area contributed by atoms with Crippen molar-refractivity contribution in [3.8, 4) is 0 Å². The fourth-order valence-electron chi connectivity index (χ4n) is 1.96. The van der Waals surface area contributed by atoms with Crippen LogP contribution in [-0.2, 0) is 18.3 Å². The second kappa shape index (κ2) is 5.60. The van der Waals surface area contributed by atoms with Crippen molar-refractivity contribution in [3.05, 3.63) is 35.8 Å². The van der Waals surface area contributed by atoms with Crippen LogP contribution in [0.1, 0.15) is 15.9 Å². The molecule has 0 amide bonds. The second-order valence-corrected chi connectivity index (χ2v) is 4.47. The first kappa shape index (κ1) is 13.9. The van der Waals surface area contributed by atoms with E-state index in [-0.39, 0.29) is 0 Å². The van der Waals surface area contributed by atoms with Crippen molar-refractivity contribution in [2.24, 2.45) is 7.05 Å². The van der Waals surface area contributed by atoms with Crippen LogP contribution in [-0.4, -0.2) is 34.9 Å². The molecule has 0 aromatic carbocycles. The lowest BCUT2D eigenvalue weighted by atomic mass is 10.2. The minimum absolute atomic E-state index is 0.311. The first-order valence-corrected chi connectivity index (χ1v) is 6.04. The monoisotopic (exact) mass is 275 g/mol. The van der Waals surface area contributed by atoms with E-state index < -0.39 is 5.97 Å². The Bertz CT molecular complexity index is 623. The van der Waals surface area contributed by atoms with Gasteiger partial charge in [0.15, 0.2) is 5.82 Å². The molecule has 0 spiro atoms. The van der Waals surface area contributed by atoms with Crippen LogP contribution in [0.3, 0.4) is 0 Å². The summed E-state index contributed by atoms with van der Waals surface area (Å²) >= 11 is 0. The lowest BCUT2D eigenvalue weighted by Crippen LogP contribution is -2.20. The zero-order valence-electron chi connectivity index (χ0n) is 11.7. The highest BCUT2D eigenvalue weighted by Gasteiger charge is 2.16. The van der Waals surface area contributed by atoms with Crippen molar-refractivity contribution >= 4 is 17.5 Å².